The molecule has 2 aromatic heterocycles. The van der Waals surface area contributed by atoms with Gasteiger partial charge in [0.2, 0.25) is 0 Å². The van der Waals surface area contributed by atoms with E-state index in [1.807, 2.05) is 0 Å². The molecule has 112 valence electrons. The lowest BCUT2D eigenvalue weighted by Gasteiger charge is -2.10. The van der Waals surface area contributed by atoms with Gasteiger partial charge in [0.1, 0.15) is 11.5 Å². The van der Waals surface area contributed by atoms with Crippen molar-refractivity contribution >= 4 is 22.5 Å². The monoisotopic (exact) mass is 300 g/mol. The van der Waals surface area contributed by atoms with Crippen molar-refractivity contribution < 1.29 is 13.9 Å². The molecule has 3 rings (SSSR count). The topological polar surface area (TPSA) is 60.7 Å². The van der Waals surface area contributed by atoms with Crippen molar-refractivity contribution in [3.8, 4) is 0 Å². The van der Waals surface area contributed by atoms with Gasteiger partial charge in [-0.05, 0) is 36.8 Å². The minimum absolute atomic E-state index is 0.330. The van der Waals surface area contributed by atoms with E-state index in [0.717, 1.165) is 10.6 Å². The zero-order valence-electron chi connectivity index (χ0n) is 12.0. The fourth-order valence-corrected chi connectivity index (χ4v) is 2.38. The van der Waals surface area contributed by atoms with Gasteiger partial charge in [-0.3, -0.25) is 14.0 Å². The number of hydrogen-bond acceptors (Lipinski definition) is 4. The van der Waals surface area contributed by atoms with Gasteiger partial charge in [0.25, 0.3) is 5.56 Å². The zero-order valence-corrected chi connectivity index (χ0v) is 12.0. The number of benzene rings is 1. The molecule has 0 saturated carbocycles. The maximum Gasteiger partial charge on any atom is 0.312 e. The van der Waals surface area contributed by atoms with Crippen molar-refractivity contribution in [2.75, 3.05) is 7.11 Å². The lowest BCUT2D eigenvalue weighted by atomic mass is 10.00. The van der Waals surface area contributed by atoms with E-state index in [2.05, 4.69) is 4.98 Å². The summed E-state index contributed by atoms with van der Waals surface area (Å²) in [6, 6.07) is 7.71. The average Bonchev–Trinajstić information content (AvgIpc) is 2.54. The summed E-state index contributed by atoms with van der Waals surface area (Å²) in [6.45, 7) is 1.69. The van der Waals surface area contributed by atoms with Gasteiger partial charge >= 0.3 is 5.97 Å². The van der Waals surface area contributed by atoms with Crippen LogP contribution in [0.4, 0.5) is 4.39 Å². The van der Waals surface area contributed by atoms with Crippen LogP contribution in [0.3, 0.4) is 0 Å². The Balaban J connectivity index is 2.27. The summed E-state index contributed by atoms with van der Waals surface area (Å²) in [5.74, 6) is -1.41. The van der Waals surface area contributed by atoms with Crippen LogP contribution >= 0.6 is 0 Å². The molecule has 0 amide bonds. The molecule has 0 aliphatic carbocycles. The largest absolute Gasteiger partial charge is 0.469 e. The Morgan fingerprint density at radius 1 is 1.32 bits per heavy atom. The van der Waals surface area contributed by atoms with E-state index in [9.17, 15) is 14.0 Å². The smallest absolute Gasteiger partial charge is 0.312 e. The summed E-state index contributed by atoms with van der Waals surface area (Å²) < 4.78 is 19.2. The lowest BCUT2D eigenvalue weighted by molar-refractivity contribution is -0.141. The van der Waals surface area contributed by atoms with Gasteiger partial charge in [-0.25, -0.2) is 9.37 Å². The number of carbonyl (C=O) groups excluding carboxylic acids is 1. The molecule has 0 aliphatic heterocycles. The van der Waals surface area contributed by atoms with Gasteiger partial charge in [-0.2, -0.15) is 0 Å². The van der Waals surface area contributed by atoms with Crippen molar-refractivity contribution in [3.05, 3.63) is 58.3 Å². The van der Waals surface area contributed by atoms with E-state index in [1.165, 1.54) is 19.2 Å². The molecule has 22 heavy (non-hydrogen) atoms. The normalized spacial score (nSPS) is 12.5. The number of hydrogen-bond donors (Lipinski definition) is 0. The van der Waals surface area contributed by atoms with E-state index in [1.54, 1.807) is 25.1 Å². The van der Waals surface area contributed by atoms with Crippen LogP contribution in [0.1, 0.15) is 18.4 Å². The van der Waals surface area contributed by atoms with Crippen molar-refractivity contribution in [1.82, 2.24) is 9.38 Å². The molecular weight excluding hydrogens is 287 g/mol. The van der Waals surface area contributed by atoms with E-state index in [4.69, 9.17) is 4.74 Å². The van der Waals surface area contributed by atoms with Gasteiger partial charge in [-0.15, -0.1) is 0 Å². The number of halogens is 1. The van der Waals surface area contributed by atoms with Gasteiger partial charge in [-0.1, -0.05) is 6.07 Å². The fraction of sp³-hybridized carbons (Fsp3) is 0.188. The Morgan fingerprint density at radius 2 is 2.09 bits per heavy atom. The summed E-state index contributed by atoms with van der Waals surface area (Å²) in [5.41, 5.74) is 1.14. The van der Waals surface area contributed by atoms with Crippen LogP contribution in [0, 0.1) is 5.82 Å². The summed E-state index contributed by atoms with van der Waals surface area (Å²) >= 11 is 0. The quantitative estimate of drug-likeness (QED) is 0.538. The summed E-state index contributed by atoms with van der Waals surface area (Å²) in [7, 11) is 1.31. The number of esters is 1. The number of carbonyl (C=O) groups is 1. The van der Waals surface area contributed by atoms with Crippen molar-refractivity contribution in [1.29, 1.82) is 0 Å². The summed E-state index contributed by atoms with van der Waals surface area (Å²) in [6.07, 6.45) is 1.10. The first-order valence-electron chi connectivity index (χ1n) is 6.70. The Labute approximate surface area is 125 Å². The van der Waals surface area contributed by atoms with Crippen LogP contribution in [0.5, 0.6) is 0 Å². The lowest BCUT2D eigenvalue weighted by Crippen LogP contribution is -2.17. The molecule has 0 fully saturated rings. The molecule has 0 saturated heterocycles. The number of nitrogens with zero attached hydrogens (tertiary/aromatic N) is 2. The van der Waals surface area contributed by atoms with Crippen LogP contribution in [0.25, 0.3) is 16.6 Å². The molecule has 0 spiro atoms. The predicted molar refractivity (Wildman–Crippen MR) is 79.4 cm³/mol. The van der Waals surface area contributed by atoms with Crippen molar-refractivity contribution in [2.45, 2.75) is 12.8 Å². The van der Waals surface area contributed by atoms with Crippen LogP contribution in [-0.4, -0.2) is 22.5 Å². The van der Waals surface area contributed by atoms with Gasteiger partial charge < -0.3 is 4.74 Å². The Bertz CT molecular complexity index is 949. The number of pyridine rings is 1. The van der Waals surface area contributed by atoms with Crippen LogP contribution < -0.4 is 5.56 Å². The minimum atomic E-state index is -0.519. The highest BCUT2D eigenvalue weighted by Gasteiger charge is 2.17. The number of fused-ring (bicyclic) bond motifs is 2. The molecule has 1 atom stereocenters. The van der Waals surface area contributed by atoms with E-state index in [0.29, 0.717) is 22.1 Å². The predicted octanol–water partition coefficient (Wildman–Crippen LogP) is 2.26. The fourth-order valence-electron chi connectivity index (χ4n) is 2.38. The summed E-state index contributed by atoms with van der Waals surface area (Å²) in [5, 5.41) is 0.330. The van der Waals surface area contributed by atoms with Crippen LogP contribution in [0.15, 0.2) is 41.3 Å². The van der Waals surface area contributed by atoms with Gasteiger partial charge in [0.15, 0.2) is 0 Å². The first kappa shape index (κ1) is 14.2. The Morgan fingerprint density at radius 3 is 2.82 bits per heavy atom. The van der Waals surface area contributed by atoms with Crippen LogP contribution in [0.2, 0.25) is 0 Å². The van der Waals surface area contributed by atoms with E-state index >= 15 is 0 Å². The maximum atomic E-state index is 13.3. The minimum Gasteiger partial charge on any atom is -0.469 e. The van der Waals surface area contributed by atoms with E-state index < -0.39 is 11.7 Å². The molecule has 2 heterocycles. The molecule has 0 N–H and O–H groups in total. The third-order valence-electron chi connectivity index (χ3n) is 3.65. The number of rotatable bonds is 2. The number of aromatic nitrogens is 2. The van der Waals surface area contributed by atoms with Crippen molar-refractivity contribution in [3.63, 3.8) is 0 Å². The molecule has 1 aromatic carbocycles. The Kier molecular flexibility index (Phi) is 3.36. The first-order chi connectivity index (χ1) is 10.5. The highest BCUT2D eigenvalue weighted by molar-refractivity contribution is 5.83. The molecule has 0 radical (unpaired) electrons. The molecular formula is C16H13FN2O3. The summed E-state index contributed by atoms with van der Waals surface area (Å²) in [4.78, 5) is 28.4. The van der Waals surface area contributed by atoms with Gasteiger partial charge in [0.05, 0.1) is 23.9 Å². The SMILES string of the molecule is COC(=O)C(C)c1ccc2nc3ccc(F)cn3c(=O)c2c1. The second-order valence-corrected chi connectivity index (χ2v) is 5.01. The molecule has 5 nitrogen and oxygen atoms in total. The average molecular weight is 300 g/mol. The van der Waals surface area contributed by atoms with E-state index in [-0.39, 0.29) is 11.5 Å². The number of ether oxygens (including phenoxy) is 1. The van der Waals surface area contributed by atoms with Crippen LogP contribution in [-0.2, 0) is 9.53 Å². The first-order valence-corrected chi connectivity index (χ1v) is 6.70. The standard InChI is InChI=1S/C16H13FN2O3/c1-9(16(21)22-2)10-3-5-13-12(7-10)15(20)19-8-11(17)4-6-14(19)18-13/h3-9H,1-2H3. The molecule has 6 heteroatoms. The Hall–Kier alpha value is -2.76. The zero-order chi connectivity index (χ0) is 15.9. The highest BCUT2D eigenvalue weighted by atomic mass is 19.1. The highest BCUT2D eigenvalue weighted by Crippen LogP contribution is 2.20. The molecule has 3 aromatic rings. The second-order valence-electron chi connectivity index (χ2n) is 5.01. The van der Waals surface area contributed by atoms with Crippen molar-refractivity contribution in [2.24, 2.45) is 0 Å². The molecule has 1 unspecified atom stereocenters. The van der Waals surface area contributed by atoms with Gasteiger partial charge in [0, 0.05) is 6.20 Å². The third kappa shape index (κ3) is 2.22. The third-order valence-corrected chi connectivity index (χ3v) is 3.65. The maximum absolute atomic E-state index is 13.3. The molecule has 0 bridgehead atoms. The number of methoxy groups -OCH3 is 1. The second kappa shape index (κ2) is 5.22. The molecule has 0 aliphatic rings.